The van der Waals surface area contributed by atoms with Gasteiger partial charge in [0, 0.05) is 11.4 Å². The number of amides is 3. The molecule has 0 spiro atoms. The average molecular weight is 393 g/mol. The first-order valence-corrected chi connectivity index (χ1v) is 10.2. The molecule has 3 amide bonds. The van der Waals surface area contributed by atoms with Crippen LogP contribution < -0.4 is 16.6 Å². The molecule has 3 N–H and O–H groups in total. The number of imide groups is 1. The van der Waals surface area contributed by atoms with Crippen molar-refractivity contribution < 1.29 is 9.59 Å². The van der Waals surface area contributed by atoms with Crippen LogP contribution in [0.1, 0.15) is 29.7 Å². The number of fused-ring (bicyclic) bond motifs is 3. The standard InChI is InChI=1S/C17H20N4O3S2/c1-2-8-21-15(23)13-10-6-4-3-5-7-11(10)26-14(13)20-17(21)25-9-12(22)19-16(18)24/h2H,1,3-9H2,(H3,18,19,22,24). The lowest BCUT2D eigenvalue weighted by Crippen LogP contribution is -2.36. The molecule has 0 radical (unpaired) electrons. The smallest absolute Gasteiger partial charge is 0.318 e. The van der Waals surface area contributed by atoms with Crippen LogP contribution in [0.3, 0.4) is 0 Å². The number of nitrogens with one attached hydrogen (secondary N) is 1. The van der Waals surface area contributed by atoms with Crippen molar-refractivity contribution in [3.8, 4) is 0 Å². The molecular formula is C17H20N4O3S2. The zero-order chi connectivity index (χ0) is 18.7. The molecule has 1 aliphatic carbocycles. The first-order chi connectivity index (χ1) is 12.5. The Morgan fingerprint density at radius 3 is 2.85 bits per heavy atom. The molecule has 26 heavy (non-hydrogen) atoms. The molecule has 9 heteroatoms. The van der Waals surface area contributed by atoms with Crippen molar-refractivity contribution in [3.05, 3.63) is 33.4 Å². The van der Waals surface area contributed by atoms with Gasteiger partial charge < -0.3 is 5.73 Å². The highest BCUT2D eigenvalue weighted by Crippen LogP contribution is 2.34. The largest absolute Gasteiger partial charge is 0.351 e. The lowest BCUT2D eigenvalue weighted by molar-refractivity contribution is -0.117. The molecule has 3 rings (SSSR count). The number of carbonyl (C=O) groups excluding carboxylic acids is 2. The van der Waals surface area contributed by atoms with Crippen molar-refractivity contribution in [1.82, 2.24) is 14.9 Å². The van der Waals surface area contributed by atoms with Crippen LogP contribution in [-0.4, -0.2) is 27.2 Å². The van der Waals surface area contributed by atoms with Crippen LogP contribution in [0.5, 0.6) is 0 Å². The van der Waals surface area contributed by atoms with E-state index in [4.69, 9.17) is 5.73 Å². The summed E-state index contributed by atoms with van der Waals surface area (Å²) >= 11 is 2.68. The van der Waals surface area contributed by atoms with Crippen molar-refractivity contribution in [3.63, 3.8) is 0 Å². The van der Waals surface area contributed by atoms with E-state index in [9.17, 15) is 14.4 Å². The maximum absolute atomic E-state index is 13.1. The van der Waals surface area contributed by atoms with Crippen LogP contribution in [0.4, 0.5) is 4.79 Å². The van der Waals surface area contributed by atoms with Gasteiger partial charge in [-0.25, -0.2) is 9.78 Å². The van der Waals surface area contributed by atoms with Crippen molar-refractivity contribution in [2.24, 2.45) is 5.73 Å². The second-order valence-corrected chi connectivity index (χ2v) is 8.07. The minimum absolute atomic E-state index is 0.0525. The molecule has 2 aromatic rings. The summed E-state index contributed by atoms with van der Waals surface area (Å²) in [5.74, 6) is -0.577. The quantitative estimate of drug-likeness (QED) is 0.351. The summed E-state index contributed by atoms with van der Waals surface area (Å²) in [6.07, 6.45) is 6.93. The van der Waals surface area contributed by atoms with Gasteiger partial charge in [0.1, 0.15) is 4.83 Å². The summed E-state index contributed by atoms with van der Waals surface area (Å²) in [5, 5.41) is 3.16. The minimum Gasteiger partial charge on any atom is -0.351 e. The number of aromatic nitrogens is 2. The predicted octanol–water partition coefficient (Wildman–Crippen LogP) is 2.20. The molecule has 7 nitrogen and oxygen atoms in total. The maximum Gasteiger partial charge on any atom is 0.318 e. The van der Waals surface area contributed by atoms with Gasteiger partial charge in [-0.05, 0) is 31.2 Å². The van der Waals surface area contributed by atoms with Gasteiger partial charge in [-0.1, -0.05) is 24.3 Å². The Balaban J connectivity index is 2.01. The number of thioether (sulfide) groups is 1. The van der Waals surface area contributed by atoms with E-state index in [1.165, 1.54) is 15.9 Å². The summed E-state index contributed by atoms with van der Waals surface area (Å²) in [5.41, 5.74) is 5.99. The van der Waals surface area contributed by atoms with Crippen LogP contribution in [0, 0.1) is 0 Å². The number of rotatable bonds is 5. The third-order valence-electron chi connectivity index (χ3n) is 4.20. The normalized spacial score (nSPS) is 13.8. The number of thiophene rings is 1. The Hall–Kier alpha value is -2.13. The molecule has 0 aromatic carbocycles. The van der Waals surface area contributed by atoms with Gasteiger partial charge in [0.05, 0.1) is 11.1 Å². The van der Waals surface area contributed by atoms with E-state index in [1.807, 2.05) is 5.32 Å². The molecule has 138 valence electrons. The Bertz CT molecular complexity index is 932. The first kappa shape index (κ1) is 18.7. The summed E-state index contributed by atoms with van der Waals surface area (Å²) in [7, 11) is 0. The van der Waals surface area contributed by atoms with Gasteiger partial charge in [-0.15, -0.1) is 17.9 Å². The zero-order valence-electron chi connectivity index (χ0n) is 14.2. The number of urea groups is 1. The monoisotopic (exact) mass is 392 g/mol. The molecule has 1 aliphatic rings. The van der Waals surface area contributed by atoms with Gasteiger partial charge in [0.25, 0.3) is 5.56 Å². The second-order valence-electron chi connectivity index (χ2n) is 6.04. The second kappa shape index (κ2) is 8.05. The van der Waals surface area contributed by atoms with E-state index >= 15 is 0 Å². The van der Waals surface area contributed by atoms with E-state index in [-0.39, 0.29) is 11.3 Å². The molecule has 0 saturated heterocycles. The fraction of sp³-hybridized carbons (Fsp3) is 0.412. The number of hydrogen-bond donors (Lipinski definition) is 2. The van der Waals surface area contributed by atoms with Crippen molar-refractivity contribution in [2.45, 2.75) is 43.8 Å². The van der Waals surface area contributed by atoms with Gasteiger partial charge in [0.2, 0.25) is 5.91 Å². The lowest BCUT2D eigenvalue weighted by atomic mass is 10.1. The van der Waals surface area contributed by atoms with Crippen LogP contribution >= 0.6 is 23.1 Å². The molecule has 0 atom stereocenters. The van der Waals surface area contributed by atoms with Crippen molar-refractivity contribution >= 4 is 45.3 Å². The molecule has 0 unspecified atom stereocenters. The number of aryl methyl sites for hydroxylation is 2. The molecule has 2 heterocycles. The summed E-state index contributed by atoms with van der Waals surface area (Å²) in [4.78, 5) is 42.2. The van der Waals surface area contributed by atoms with Crippen LogP contribution in [0.25, 0.3) is 10.2 Å². The van der Waals surface area contributed by atoms with E-state index in [2.05, 4.69) is 11.6 Å². The van der Waals surface area contributed by atoms with E-state index in [0.717, 1.165) is 47.8 Å². The average Bonchev–Trinajstić information content (AvgIpc) is 2.77. The molecule has 0 saturated carbocycles. The third-order valence-corrected chi connectivity index (χ3v) is 6.36. The SMILES string of the molecule is C=CCn1c(SCC(=O)NC(N)=O)nc2sc3c(c2c1=O)CCCCC3. The van der Waals surface area contributed by atoms with Gasteiger partial charge in [0.15, 0.2) is 5.16 Å². The summed E-state index contributed by atoms with van der Waals surface area (Å²) < 4.78 is 1.54. The van der Waals surface area contributed by atoms with Gasteiger partial charge in [-0.3, -0.25) is 19.5 Å². The predicted molar refractivity (Wildman–Crippen MR) is 104 cm³/mol. The molecular weight excluding hydrogens is 372 g/mol. The fourth-order valence-corrected chi connectivity index (χ4v) is 5.21. The molecule has 0 bridgehead atoms. The molecule has 2 aromatic heterocycles. The van der Waals surface area contributed by atoms with E-state index in [1.54, 1.807) is 17.4 Å². The summed E-state index contributed by atoms with van der Waals surface area (Å²) in [6, 6.07) is -0.899. The van der Waals surface area contributed by atoms with Crippen LogP contribution in [-0.2, 0) is 24.2 Å². The fourth-order valence-electron chi connectivity index (χ4n) is 3.10. The maximum atomic E-state index is 13.1. The third kappa shape index (κ3) is 3.83. The Morgan fingerprint density at radius 2 is 2.12 bits per heavy atom. The number of allylic oxidation sites excluding steroid dienone is 1. The highest BCUT2D eigenvalue weighted by atomic mass is 32.2. The van der Waals surface area contributed by atoms with Crippen molar-refractivity contribution in [1.29, 1.82) is 0 Å². The highest BCUT2D eigenvalue weighted by Gasteiger charge is 2.21. The number of hydrogen-bond acceptors (Lipinski definition) is 6. The van der Waals surface area contributed by atoms with Crippen molar-refractivity contribution in [2.75, 3.05) is 5.75 Å². The van der Waals surface area contributed by atoms with Crippen LogP contribution in [0.15, 0.2) is 22.6 Å². The minimum atomic E-state index is -0.899. The number of nitrogens with zero attached hydrogens (tertiary/aromatic N) is 2. The lowest BCUT2D eigenvalue weighted by Gasteiger charge is -2.10. The number of carbonyl (C=O) groups is 2. The topological polar surface area (TPSA) is 107 Å². The van der Waals surface area contributed by atoms with Gasteiger partial charge >= 0.3 is 6.03 Å². The number of primary amides is 1. The molecule has 0 aliphatic heterocycles. The van der Waals surface area contributed by atoms with E-state index < -0.39 is 11.9 Å². The Kier molecular flexibility index (Phi) is 5.77. The Morgan fingerprint density at radius 1 is 1.35 bits per heavy atom. The van der Waals surface area contributed by atoms with Crippen LogP contribution in [0.2, 0.25) is 0 Å². The molecule has 0 fully saturated rings. The van der Waals surface area contributed by atoms with Gasteiger partial charge in [-0.2, -0.15) is 0 Å². The number of nitrogens with two attached hydrogens (primary N) is 1. The van der Waals surface area contributed by atoms with E-state index in [0.29, 0.717) is 17.1 Å². The zero-order valence-corrected chi connectivity index (χ0v) is 15.9. The summed E-state index contributed by atoms with van der Waals surface area (Å²) in [6.45, 7) is 4.02. The Labute approximate surface area is 158 Å². The highest BCUT2D eigenvalue weighted by molar-refractivity contribution is 7.99. The first-order valence-electron chi connectivity index (χ1n) is 8.39.